The first kappa shape index (κ1) is 14.5. The van der Waals surface area contributed by atoms with Gasteiger partial charge in [-0.1, -0.05) is 11.8 Å². The van der Waals surface area contributed by atoms with Crippen molar-refractivity contribution in [2.75, 3.05) is 0 Å². The monoisotopic (exact) mass is 310 g/mol. The first-order valence-corrected chi connectivity index (χ1v) is 7.15. The number of non-ortho nitro benzene ring substituents is 1. The van der Waals surface area contributed by atoms with Crippen LogP contribution in [0.5, 0.6) is 0 Å². The molecule has 104 valence electrons. The Morgan fingerprint density at radius 2 is 2.10 bits per heavy atom. The van der Waals surface area contributed by atoms with Crippen molar-refractivity contribution in [3.05, 3.63) is 44.4 Å². The molecule has 6 nitrogen and oxygen atoms in total. The van der Waals surface area contributed by atoms with Crippen molar-refractivity contribution in [3.63, 3.8) is 0 Å². The summed E-state index contributed by atoms with van der Waals surface area (Å²) in [5.41, 5.74) is 1.24. The van der Waals surface area contributed by atoms with Crippen LogP contribution in [0, 0.1) is 24.0 Å². The molecule has 2 rings (SSSR count). The fraction of sp³-hybridized carbons (Fsp3) is 0.167. The molecule has 2 aromatic rings. The average molecular weight is 310 g/mol. The number of nitrogens with zero attached hydrogens (tertiary/aromatic N) is 2. The number of carboxylic acids is 1. The Bertz CT molecular complexity index is 697. The van der Waals surface area contributed by atoms with Crippen molar-refractivity contribution in [3.8, 4) is 0 Å². The van der Waals surface area contributed by atoms with E-state index in [1.165, 1.54) is 23.9 Å². The van der Waals surface area contributed by atoms with Gasteiger partial charge >= 0.3 is 5.97 Å². The van der Waals surface area contributed by atoms with E-state index >= 15 is 0 Å². The number of nitro groups is 1. The molecule has 20 heavy (non-hydrogen) atoms. The quantitative estimate of drug-likeness (QED) is 0.686. The molecule has 0 aliphatic heterocycles. The predicted molar refractivity (Wildman–Crippen MR) is 75.8 cm³/mol. The number of rotatable bonds is 4. The van der Waals surface area contributed by atoms with E-state index in [-0.39, 0.29) is 10.6 Å². The SMILES string of the molecule is Cc1cc(Sc2nc(C)c(C(=O)O)s2)cc([N+](=O)[O-])c1. The summed E-state index contributed by atoms with van der Waals surface area (Å²) in [5, 5.41) is 19.8. The lowest BCUT2D eigenvalue weighted by Crippen LogP contribution is -1.94. The Kier molecular flexibility index (Phi) is 4.05. The van der Waals surface area contributed by atoms with Crippen LogP contribution in [-0.4, -0.2) is 21.0 Å². The van der Waals surface area contributed by atoms with Gasteiger partial charge in [-0.2, -0.15) is 0 Å². The number of hydrogen-bond donors (Lipinski definition) is 1. The smallest absolute Gasteiger partial charge is 0.347 e. The summed E-state index contributed by atoms with van der Waals surface area (Å²) in [6.07, 6.45) is 0. The van der Waals surface area contributed by atoms with Gasteiger partial charge in [0.15, 0.2) is 4.34 Å². The minimum Gasteiger partial charge on any atom is -0.477 e. The average Bonchev–Trinajstić information content (AvgIpc) is 2.69. The molecule has 1 aromatic carbocycles. The van der Waals surface area contributed by atoms with Crippen LogP contribution in [0.4, 0.5) is 5.69 Å². The highest BCUT2D eigenvalue weighted by Crippen LogP contribution is 2.35. The van der Waals surface area contributed by atoms with E-state index in [9.17, 15) is 14.9 Å². The lowest BCUT2D eigenvalue weighted by atomic mass is 10.2. The van der Waals surface area contributed by atoms with Crippen molar-refractivity contribution in [1.82, 2.24) is 4.98 Å². The first-order chi connectivity index (χ1) is 9.36. The fourth-order valence-corrected chi connectivity index (χ4v) is 3.76. The van der Waals surface area contributed by atoms with Gasteiger partial charge in [0.05, 0.1) is 10.6 Å². The van der Waals surface area contributed by atoms with Gasteiger partial charge in [0.25, 0.3) is 5.69 Å². The summed E-state index contributed by atoms with van der Waals surface area (Å²) < 4.78 is 0.555. The first-order valence-electron chi connectivity index (χ1n) is 5.51. The zero-order chi connectivity index (χ0) is 14.9. The molecule has 0 radical (unpaired) electrons. The molecule has 0 aliphatic carbocycles. The van der Waals surface area contributed by atoms with Crippen LogP contribution >= 0.6 is 23.1 Å². The topological polar surface area (TPSA) is 93.3 Å². The number of aryl methyl sites for hydroxylation is 2. The largest absolute Gasteiger partial charge is 0.477 e. The number of thiazole rings is 1. The third kappa shape index (κ3) is 3.14. The predicted octanol–water partition coefficient (Wildman–Crippen LogP) is 3.52. The zero-order valence-corrected chi connectivity index (χ0v) is 12.2. The number of aromatic carboxylic acids is 1. The van der Waals surface area contributed by atoms with Gasteiger partial charge in [-0.3, -0.25) is 10.1 Å². The zero-order valence-electron chi connectivity index (χ0n) is 10.6. The molecule has 1 aromatic heterocycles. The Morgan fingerprint density at radius 1 is 1.40 bits per heavy atom. The van der Waals surface area contributed by atoms with Crippen molar-refractivity contribution in [2.24, 2.45) is 0 Å². The summed E-state index contributed by atoms with van der Waals surface area (Å²) in [4.78, 5) is 26.3. The molecule has 0 saturated carbocycles. The number of carboxylic acid groups (broad SMARTS) is 1. The van der Waals surface area contributed by atoms with Crippen LogP contribution in [0.25, 0.3) is 0 Å². The Balaban J connectivity index is 2.32. The van der Waals surface area contributed by atoms with Gasteiger partial charge in [0, 0.05) is 17.0 Å². The van der Waals surface area contributed by atoms with Crippen LogP contribution in [0.3, 0.4) is 0 Å². The molecule has 0 saturated heterocycles. The maximum absolute atomic E-state index is 11.0. The second-order valence-corrected chi connectivity index (χ2v) is 6.38. The molecule has 1 N–H and O–H groups in total. The maximum atomic E-state index is 11.0. The molecule has 0 atom stereocenters. The van der Waals surface area contributed by atoms with E-state index < -0.39 is 10.9 Å². The Hall–Kier alpha value is -1.93. The number of hydrogen-bond acceptors (Lipinski definition) is 6. The van der Waals surface area contributed by atoms with Crippen molar-refractivity contribution >= 4 is 34.8 Å². The van der Waals surface area contributed by atoms with Crippen LogP contribution in [0.2, 0.25) is 0 Å². The van der Waals surface area contributed by atoms with Crippen LogP contribution < -0.4 is 0 Å². The Labute approximate surface area is 122 Å². The van der Waals surface area contributed by atoms with Gasteiger partial charge in [-0.15, -0.1) is 11.3 Å². The third-order valence-corrected chi connectivity index (χ3v) is 4.60. The lowest BCUT2D eigenvalue weighted by Gasteiger charge is -2.00. The summed E-state index contributed by atoms with van der Waals surface area (Å²) in [5.74, 6) is -1.01. The number of benzene rings is 1. The number of aromatic nitrogens is 1. The molecule has 0 aliphatic rings. The number of nitro benzene ring substituents is 1. The molecule has 1 heterocycles. The minimum absolute atomic E-state index is 0.0132. The number of carbonyl (C=O) groups is 1. The van der Waals surface area contributed by atoms with Crippen molar-refractivity contribution in [1.29, 1.82) is 0 Å². The van der Waals surface area contributed by atoms with E-state index in [0.717, 1.165) is 16.9 Å². The van der Waals surface area contributed by atoms with Crippen LogP contribution in [0.1, 0.15) is 20.9 Å². The lowest BCUT2D eigenvalue weighted by molar-refractivity contribution is -0.385. The molecule has 0 unspecified atom stereocenters. The third-order valence-electron chi connectivity index (χ3n) is 2.42. The van der Waals surface area contributed by atoms with E-state index in [2.05, 4.69) is 4.98 Å². The van der Waals surface area contributed by atoms with E-state index in [4.69, 9.17) is 5.11 Å². The molecule has 8 heteroatoms. The van der Waals surface area contributed by atoms with E-state index in [0.29, 0.717) is 14.9 Å². The van der Waals surface area contributed by atoms with E-state index in [1.807, 2.05) is 0 Å². The second kappa shape index (κ2) is 5.59. The van der Waals surface area contributed by atoms with Gasteiger partial charge in [0.2, 0.25) is 0 Å². The minimum atomic E-state index is -1.01. The van der Waals surface area contributed by atoms with Gasteiger partial charge in [0.1, 0.15) is 4.88 Å². The summed E-state index contributed by atoms with van der Waals surface area (Å²) in [6, 6.07) is 4.74. The van der Waals surface area contributed by atoms with Gasteiger partial charge in [-0.25, -0.2) is 9.78 Å². The Morgan fingerprint density at radius 3 is 2.65 bits per heavy atom. The summed E-state index contributed by atoms with van der Waals surface area (Å²) in [6.45, 7) is 3.40. The second-order valence-electron chi connectivity index (χ2n) is 4.06. The molecule has 0 bridgehead atoms. The molecule has 0 fully saturated rings. The maximum Gasteiger partial charge on any atom is 0.347 e. The van der Waals surface area contributed by atoms with Crippen LogP contribution in [-0.2, 0) is 0 Å². The van der Waals surface area contributed by atoms with E-state index in [1.54, 1.807) is 19.9 Å². The molecule has 0 amide bonds. The van der Waals surface area contributed by atoms with Crippen molar-refractivity contribution in [2.45, 2.75) is 23.1 Å². The standard InChI is InChI=1S/C12H10N2O4S2/c1-6-3-8(14(17)18)5-9(4-6)19-12-13-7(2)10(20-12)11(15)16/h3-5H,1-2H3,(H,15,16). The highest BCUT2D eigenvalue weighted by molar-refractivity contribution is 8.01. The fourth-order valence-electron chi connectivity index (χ4n) is 1.61. The van der Waals surface area contributed by atoms with Gasteiger partial charge in [-0.05, 0) is 25.5 Å². The van der Waals surface area contributed by atoms with Crippen LogP contribution in [0.15, 0.2) is 27.4 Å². The summed E-state index contributed by atoms with van der Waals surface area (Å²) in [7, 11) is 0. The molecular weight excluding hydrogens is 300 g/mol. The van der Waals surface area contributed by atoms with Gasteiger partial charge < -0.3 is 5.11 Å². The normalized spacial score (nSPS) is 10.5. The van der Waals surface area contributed by atoms with Crippen molar-refractivity contribution < 1.29 is 14.8 Å². The summed E-state index contributed by atoms with van der Waals surface area (Å²) >= 11 is 2.29. The highest BCUT2D eigenvalue weighted by Gasteiger charge is 2.16. The highest BCUT2D eigenvalue weighted by atomic mass is 32.2. The molecule has 0 spiro atoms. The molecular formula is C12H10N2O4S2.